The molecule has 0 bridgehead atoms. The number of rotatable bonds is 1. The van der Waals surface area contributed by atoms with Crippen LogP contribution in [-0.4, -0.2) is 17.9 Å². The molecule has 0 radical (unpaired) electrons. The van der Waals surface area contributed by atoms with E-state index in [4.69, 9.17) is 4.74 Å². The second-order valence-corrected chi connectivity index (χ2v) is 5.52. The number of aliphatic imine (C=N–C) groups is 1. The van der Waals surface area contributed by atoms with Gasteiger partial charge in [0, 0.05) is 18.6 Å². The van der Waals surface area contributed by atoms with Crippen LogP contribution >= 0.6 is 0 Å². The van der Waals surface area contributed by atoms with Crippen LogP contribution in [0.2, 0.25) is 0 Å². The molecule has 5 heteroatoms. The lowest BCUT2D eigenvalue weighted by atomic mass is 10.2. The molecule has 0 atom stereocenters. The van der Waals surface area contributed by atoms with Crippen LogP contribution in [0.1, 0.15) is 20.8 Å². The fraction of sp³-hybridized carbons (Fsp3) is 0.222. The molecule has 0 saturated carbocycles. The van der Waals surface area contributed by atoms with Crippen molar-refractivity contribution in [1.82, 2.24) is 10.6 Å². The van der Waals surface area contributed by atoms with Gasteiger partial charge in [0.1, 0.15) is 5.60 Å². The van der Waals surface area contributed by atoms with E-state index >= 15 is 0 Å². The highest BCUT2D eigenvalue weighted by molar-refractivity contribution is 5.85. The predicted octanol–water partition coefficient (Wildman–Crippen LogP) is 3.72. The van der Waals surface area contributed by atoms with Crippen molar-refractivity contribution in [1.29, 1.82) is 0 Å². The average molecular weight is 313 g/mol. The lowest BCUT2D eigenvalue weighted by Crippen LogP contribution is -2.32. The summed E-state index contributed by atoms with van der Waals surface area (Å²) < 4.78 is 5.23. The molecule has 0 aromatic rings. The SMILES string of the molecule is CC(C)(C)OC(=O)NC1=CC=CC=CC=CC=CNC=CN=C1. The predicted molar refractivity (Wildman–Crippen MR) is 94.8 cm³/mol. The number of amides is 1. The fourth-order valence-corrected chi connectivity index (χ4v) is 1.39. The molecule has 0 fully saturated rings. The van der Waals surface area contributed by atoms with E-state index < -0.39 is 11.7 Å². The third-order valence-corrected chi connectivity index (χ3v) is 2.25. The maximum absolute atomic E-state index is 11.8. The summed E-state index contributed by atoms with van der Waals surface area (Å²) in [7, 11) is 0. The summed E-state index contributed by atoms with van der Waals surface area (Å²) in [6.45, 7) is 5.43. The summed E-state index contributed by atoms with van der Waals surface area (Å²) >= 11 is 0. The molecule has 5 nitrogen and oxygen atoms in total. The topological polar surface area (TPSA) is 62.7 Å². The Hall–Kier alpha value is -2.82. The minimum absolute atomic E-state index is 0.523. The maximum Gasteiger partial charge on any atom is 0.412 e. The Labute approximate surface area is 137 Å². The molecule has 23 heavy (non-hydrogen) atoms. The van der Waals surface area contributed by atoms with Crippen LogP contribution in [0.4, 0.5) is 4.79 Å². The smallest absolute Gasteiger partial charge is 0.412 e. The zero-order valence-corrected chi connectivity index (χ0v) is 13.7. The summed E-state index contributed by atoms with van der Waals surface area (Å²) in [6.07, 6.45) is 20.9. The summed E-state index contributed by atoms with van der Waals surface area (Å²) in [6, 6.07) is 0. The highest BCUT2D eigenvalue weighted by Crippen LogP contribution is 2.07. The van der Waals surface area contributed by atoms with E-state index in [2.05, 4.69) is 15.6 Å². The third-order valence-electron chi connectivity index (χ3n) is 2.25. The van der Waals surface area contributed by atoms with Crippen molar-refractivity contribution in [3.63, 3.8) is 0 Å². The van der Waals surface area contributed by atoms with Gasteiger partial charge >= 0.3 is 6.09 Å². The van der Waals surface area contributed by atoms with Crippen molar-refractivity contribution < 1.29 is 9.53 Å². The monoisotopic (exact) mass is 313 g/mol. The van der Waals surface area contributed by atoms with Crippen LogP contribution in [-0.2, 0) is 4.74 Å². The lowest BCUT2D eigenvalue weighted by molar-refractivity contribution is 0.0549. The Morgan fingerprint density at radius 2 is 1.70 bits per heavy atom. The van der Waals surface area contributed by atoms with Gasteiger partial charge in [0.25, 0.3) is 0 Å². The van der Waals surface area contributed by atoms with Gasteiger partial charge in [-0.1, -0.05) is 36.5 Å². The van der Waals surface area contributed by atoms with E-state index in [0.717, 1.165) is 0 Å². The van der Waals surface area contributed by atoms with E-state index in [1.54, 1.807) is 30.8 Å². The van der Waals surface area contributed by atoms with Gasteiger partial charge in [-0.25, -0.2) is 4.79 Å². The van der Waals surface area contributed by atoms with Crippen LogP contribution in [0.15, 0.2) is 77.9 Å². The highest BCUT2D eigenvalue weighted by atomic mass is 16.6. The van der Waals surface area contributed by atoms with Crippen molar-refractivity contribution in [3.05, 3.63) is 72.9 Å². The third kappa shape index (κ3) is 10.5. The number of hydrogen-bond acceptors (Lipinski definition) is 4. The van der Waals surface area contributed by atoms with Crippen LogP contribution in [0, 0.1) is 0 Å². The highest BCUT2D eigenvalue weighted by Gasteiger charge is 2.16. The number of ether oxygens (including phenoxy) is 1. The van der Waals surface area contributed by atoms with Gasteiger partial charge in [-0.3, -0.25) is 10.3 Å². The quantitative estimate of drug-likeness (QED) is 0.775. The first kappa shape index (κ1) is 18.2. The number of allylic oxidation sites excluding steroid dienone is 9. The van der Waals surface area contributed by atoms with E-state index in [1.165, 1.54) is 6.21 Å². The van der Waals surface area contributed by atoms with Gasteiger partial charge in [-0.05, 0) is 32.9 Å². The number of nitrogens with one attached hydrogen (secondary N) is 2. The van der Waals surface area contributed by atoms with E-state index in [0.29, 0.717) is 5.70 Å². The first-order valence-corrected chi connectivity index (χ1v) is 7.28. The Bertz CT molecular complexity index is 586. The number of hydrogen-bond donors (Lipinski definition) is 2. The molecule has 122 valence electrons. The van der Waals surface area contributed by atoms with Crippen LogP contribution in [0.25, 0.3) is 0 Å². The summed E-state index contributed by atoms with van der Waals surface area (Å²) in [4.78, 5) is 15.9. The zero-order valence-electron chi connectivity index (χ0n) is 13.7. The maximum atomic E-state index is 11.8. The first-order valence-electron chi connectivity index (χ1n) is 7.28. The van der Waals surface area contributed by atoms with Crippen molar-refractivity contribution in [2.45, 2.75) is 26.4 Å². The van der Waals surface area contributed by atoms with Gasteiger partial charge < -0.3 is 10.1 Å². The molecule has 0 spiro atoms. The molecule has 0 aromatic heterocycles. The Morgan fingerprint density at radius 1 is 1.04 bits per heavy atom. The summed E-state index contributed by atoms with van der Waals surface area (Å²) in [5, 5.41) is 5.60. The average Bonchev–Trinajstić information content (AvgIpc) is 2.45. The van der Waals surface area contributed by atoms with E-state index in [1.807, 2.05) is 57.2 Å². The second kappa shape index (κ2) is 10.00. The van der Waals surface area contributed by atoms with Crippen LogP contribution in [0.3, 0.4) is 0 Å². The van der Waals surface area contributed by atoms with Gasteiger partial charge in [0.2, 0.25) is 0 Å². The molecule has 1 amide bonds. The van der Waals surface area contributed by atoms with Gasteiger partial charge in [-0.2, -0.15) is 0 Å². The standard InChI is InChI=1S/C18H23N3O2/c1-18(2,3)23-17(22)21-16-11-9-7-5-4-6-8-10-12-19-13-14-20-15-16/h4-15,19H,1-3H3,(H,21,22). The molecule has 0 saturated heterocycles. The molecule has 2 N–H and O–H groups in total. The number of carbonyl (C=O) groups is 1. The van der Waals surface area contributed by atoms with Gasteiger partial charge in [0.05, 0.1) is 11.9 Å². The Morgan fingerprint density at radius 3 is 2.39 bits per heavy atom. The van der Waals surface area contributed by atoms with Crippen LogP contribution < -0.4 is 10.6 Å². The zero-order chi connectivity index (χ0) is 17.0. The van der Waals surface area contributed by atoms with E-state index in [-0.39, 0.29) is 0 Å². The van der Waals surface area contributed by atoms with Gasteiger partial charge in [-0.15, -0.1) is 0 Å². The first-order chi connectivity index (χ1) is 11.0. The molecule has 0 aliphatic carbocycles. The molecule has 1 aliphatic rings. The van der Waals surface area contributed by atoms with Crippen molar-refractivity contribution in [3.8, 4) is 0 Å². The second-order valence-electron chi connectivity index (χ2n) is 5.52. The summed E-state index contributed by atoms with van der Waals surface area (Å²) in [5.74, 6) is 0. The summed E-state index contributed by atoms with van der Waals surface area (Å²) in [5.41, 5.74) is -0.0302. The minimum atomic E-state index is -0.553. The molecule has 1 heterocycles. The molecule has 1 rings (SSSR count). The lowest BCUT2D eigenvalue weighted by Gasteiger charge is -2.19. The van der Waals surface area contributed by atoms with Crippen LogP contribution in [0.5, 0.6) is 0 Å². The van der Waals surface area contributed by atoms with Crippen molar-refractivity contribution in [2.75, 3.05) is 0 Å². The molecule has 0 aromatic carbocycles. The molecular formula is C18H23N3O2. The largest absolute Gasteiger partial charge is 0.444 e. The molecule has 0 unspecified atom stereocenters. The number of carbonyl (C=O) groups excluding carboxylic acids is 1. The molecular weight excluding hydrogens is 290 g/mol. The minimum Gasteiger partial charge on any atom is -0.444 e. The number of nitrogens with zero attached hydrogens (tertiary/aromatic N) is 1. The van der Waals surface area contributed by atoms with E-state index in [9.17, 15) is 4.79 Å². The normalized spacial score (nSPS) is 15.3. The fourth-order valence-electron chi connectivity index (χ4n) is 1.39. The Balaban J connectivity index is 2.83. The number of alkyl carbamates (subject to hydrolysis) is 1. The molecule has 1 aliphatic heterocycles. The van der Waals surface area contributed by atoms with Crippen molar-refractivity contribution in [2.24, 2.45) is 4.99 Å². The van der Waals surface area contributed by atoms with Crippen molar-refractivity contribution >= 4 is 12.3 Å². The van der Waals surface area contributed by atoms with Gasteiger partial charge in [0.15, 0.2) is 0 Å². The Kier molecular flexibility index (Phi) is 7.92.